The largest absolute Gasteiger partial charge is 0.391 e. The van der Waals surface area contributed by atoms with Crippen LogP contribution in [-0.4, -0.2) is 26.7 Å². The maximum atomic E-state index is 9.70. The van der Waals surface area contributed by atoms with Gasteiger partial charge in [0.2, 0.25) is 0 Å². The first-order chi connectivity index (χ1) is 7.75. The lowest BCUT2D eigenvalue weighted by molar-refractivity contribution is 0.133. The number of nitrogens with zero attached hydrogens (tertiary/aromatic N) is 2. The summed E-state index contributed by atoms with van der Waals surface area (Å²) in [7, 11) is 0. The van der Waals surface area contributed by atoms with E-state index in [0.717, 1.165) is 5.56 Å². The zero-order chi connectivity index (χ0) is 13.2. The molecule has 1 atom stereocenters. The van der Waals surface area contributed by atoms with Crippen molar-refractivity contribution in [2.75, 3.05) is 11.1 Å². The molecule has 1 rings (SSSR count). The Morgan fingerprint density at radius 1 is 1.29 bits per heavy atom. The van der Waals surface area contributed by atoms with Gasteiger partial charge in [-0.05, 0) is 26.7 Å². The number of hydrogen-bond donors (Lipinski definition) is 3. The normalized spacial score (nSPS) is 13.8. The van der Waals surface area contributed by atoms with Crippen LogP contribution in [0, 0.1) is 0 Å². The average Bonchev–Trinajstić information content (AvgIpc) is 2.15. The highest BCUT2D eigenvalue weighted by atomic mass is 16.3. The molecule has 0 aromatic carbocycles. The van der Waals surface area contributed by atoms with Crippen molar-refractivity contribution in [1.82, 2.24) is 9.97 Å². The molecule has 96 valence electrons. The van der Waals surface area contributed by atoms with Crippen LogP contribution in [0.4, 0.5) is 11.6 Å². The topological polar surface area (TPSA) is 84.1 Å². The molecule has 1 aromatic rings. The number of nitrogens with one attached hydrogen (secondary N) is 1. The Bertz CT molecular complexity index is 388. The first-order valence-electron chi connectivity index (χ1n) is 5.82. The van der Waals surface area contributed by atoms with Crippen molar-refractivity contribution in [2.24, 2.45) is 0 Å². The molecule has 0 amide bonds. The van der Waals surface area contributed by atoms with Crippen molar-refractivity contribution < 1.29 is 5.11 Å². The Morgan fingerprint density at radius 2 is 1.88 bits per heavy atom. The van der Waals surface area contributed by atoms with Crippen LogP contribution in [0.15, 0.2) is 6.33 Å². The van der Waals surface area contributed by atoms with Crippen molar-refractivity contribution in [3.05, 3.63) is 11.9 Å². The summed E-state index contributed by atoms with van der Waals surface area (Å²) in [6.45, 7) is 9.65. The minimum Gasteiger partial charge on any atom is -0.391 e. The molecular formula is C12H22N4O. The van der Waals surface area contributed by atoms with Gasteiger partial charge in [-0.2, -0.15) is 0 Å². The van der Waals surface area contributed by atoms with Gasteiger partial charge in [0, 0.05) is 5.56 Å². The molecule has 1 heterocycles. The first kappa shape index (κ1) is 13.7. The van der Waals surface area contributed by atoms with Gasteiger partial charge in [0.1, 0.15) is 18.0 Å². The fourth-order valence-electron chi connectivity index (χ4n) is 1.49. The SMILES string of the molecule is CC(C)c1c(N)ncnc1NC(C)(C)C(C)O. The molecule has 0 radical (unpaired) electrons. The smallest absolute Gasteiger partial charge is 0.135 e. The zero-order valence-electron chi connectivity index (χ0n) is 11.2. The Hall–Kier alpha value is -1.36. The van der Waals surface area contributed by atoms with Crippen LogP contribution >= 0.6 is 0 Å². The molecule has 0 fully saturated rings. The number of aliphatic hydroxyl groups excluding tert-OH is 1. The van der Waals surface area contributed by atoms with E-state index in [1.807, 2.05) is 27.7 Å². The molecular weight excluding hydrogens is 216 g/mol. The van der Waals surface area contributed by atoms with Crippen LogP contribution in [0.5, 0.6) is 0 Å². The van der Waals surface area contributed by atoms with Crippen LogP contribution in [0.2, 0.25) is 0 Å². The Balaban J connectivity index is 3.11. The maximum absolute atomic E-state index is 9.70. The quantitative estimate of drug-likeness (QED) is 0.744. The van der Waals surface area contributed by atoms with Crippen LogP contribution < -0.4 is 11.1 Å². The lowest BCUT2D eigenvalue weighted by atomic mass is 9.97. The van der Waals surface area contributed by atoms with Crippen molar-refractivity contribution >= 4 is 11.6 Å². The molecule has 5 heteroatoms. The summed E-state index contributed by atoms with van der Waals surface area (Å²) in [6.07, 6.45) is 0.931. The molecule has 17 heavy (non-hydrogen) atoms. The molecule has 1 unspecified atom stereocenters. The van der Waals surface area contributed by atoms with E-state index in [-0.39, 0.29) is 5.92 Å². The molecule has 5 nitrogen and oxygen atoms in total. The predicted molar refractivity (Wildman–Crippen MR) is 69.9 cm³/mol. The van der Waals surface area contributed by atoms with Gasteiger partial charge in [-0.25, -0.2) is 9.97 Å². The van der Waals surface area contributed by atoms with Crippen LogP contribution in [-0.2, 0) is 0 Å². The maximum Gasteiger partial charge on any atom is 0.135 e. The fourth-order valence-corrected chi connectivity index (χ4v) is 1.49. The lowest BCUT2D eigenvalue weighted by Crippen LogP contribution is -2.42. The summed E-state index contributed by atoms with van der Waals surface area (Å²) < 4.78 is 0. The summed E-state index contributed by atoms with van der Waals surface area (Å²) in [5, 5.41) is 12.9. The van der Waals surface area contributed by atoms with Gasteiger partial charge in [0.25, 0.3) is 0 Å². The predicted octanol–water partition coefficient (Wildman–Crippen LogP) is 1.75. The highest BCUT2D eigenvalue weighted by Gasteiger charge is 2.26. The number of aliphatic hydroxyl groups is 1. The van der Waals surface area contributed by atoms with Crippen molar-refractivity contribution in [2.45, 2.75) is 52.2 Å². The second kappa shape index (κ2) is 4.87. The van der Waals surface area contributed by atoms with Gasteiger partial charge < -0.3 is 16.2 Å². The van der Waals surface area contributed by atoms with Crippen molar-refractivity contribution in [3.63, 3.8) is 0 Å². The second-order valence-corrected chi connectivity index (χ2v) is 5.20. The molecule has 0 bridgehead atoms. The standard InChI is InChI=1S/C12H22N4O/c1-7(2)9-10(13)14-6-15-11(9)16-12(4,5)8(3)17/h6-8,17H,1-5H3,(H3,13,14,15,16). The van der Waals surface area contributed by atoms with Crippen molar-refractivity contribution in [1.29, 1.82) is 0 Å². The Morgan fingerprint density at radius 3 is 2.35 bits per heavy atom. The number of anilines is 2. The van der Waals surface area contributed by atoms with E-state index in [1.54, 1.807) is 6.92 Å². The van der Waals surface area contributed by atoms with Gasteiger partial charge in [0.05, 0.1) is 11.6 Å². The minimum atomic E-state index is -0.501. The van der Waals surface area contributed by atoms with E-state index in [4.69, 9.17) is 5.73 Å². The fraction of sp³-hybridized carbons (Fsp3) is 0.667. The van der Waals surface area contributed by atoms with Crippen molar-refractivity contribution in [3.8, 4) is 0 Å². The van der Waals surface area contributed by atoms with Gasteiger partial charge in [0.15, 0.2) is 0 Å². The van der Waals surface area contributed by atoms with Gasteiger partial charge >= 0.3 is 0 Å². The van der Waals surface area contributed by atoms with Gasteiger partial charge in [-0.1, -0.05) is 13.8 Å². The summed E-state index contributed by atoms with van der Waals surface area (Å²) in [6, 6.07) is 0. The van der Waals surface area contributed by atoms with E-state index in [0.29, 0.717) is 11.6 Å². The molecule has 0 saturated heterocycles. The molecule has 1 aromatic heterocycles. The van der Waals surface area contributed by atoms with E-state index < -0.39 is 11.6 Å². The third-order valence-corrected chi connectivity index (χ3v) is 2.98. The highest BCUT2D eigenvalue weighted by Crippen LogP contribution is 2.28. The van der Waals surface area contributed by atoms with Gasteiger partial charge in [-0.3, -0.25) is 0 Å². The molecule has 0 aliphatic heterocycles. The zero-order valence-corrected chi connectivity index (χ0v) is 11.2. The number of aromatic nitrogens is 2. The van der Waals surface area contributed by atoms with Crippen LogP contribution in [0.3, 0.4) is 0 Å². The average molecular weight is 238 g/mol. The van der Waals surface area contributed by atoms with E-state index in [9.17, 15) is 5.11 Å². The minimum absolute atomic E-state index is 0.225. The molecule has 0 aliphatic rings. The number of nitrogen functional groups attached to an aromatic ring is 1. The number of nitrogens with two attached hydrogens (primary N) is 1. The molecule has 0 aliphatic carbocycles. The van der Waals surface area contributed by atoms with Gasteiger partial charge in [-0.15, -0.1) is 0 Å². The number of hydrogen-bond acceptors (Lipinski definition) is 5. The van der Waals surface area contributed by atoms with E-state index in [2.05, 4.69) is 15.3 Å². The second-order valence-electron chi connectivity index (χ2n) is 5.20. The monoisotopic (exact) mass is 238 g/mol. The first-order valence-corrected chi connectivity index (χ1v) is 5.82. The third kappa shape index (κ3) is 3.06. The Kier molecular flexibility index (Phi) is 3.93. The number of rotatable bonds is 4. The van der Waals surface area contributed by atoms with E-state index >= 15 is 0 Å². The molecule has 0 spiro atoms. The lowest BCUT2D eigenvalue weighted by Gasteiger charge is -2.31. The summed E-state index contributed by atoms with van der Waals surface area (Å²) >= 11 is 0. The van der Waals surface area contributed by atoms with Crippen LogP contribution in [0.25, 0.3) is 0 Å². The van der Waals surface area contributed by atoms with Crippen LogP contribution in [0.1, 0.15) is 46.1 Å². The molecule has 0 saturated carbocycles. The summed E-state index contributed by atoms with van der Waals surface area (Å²) in [5.74, 6) is 1.40. The Labute approximate surface area is 102 Å². The summed E-state index contributed by atoms with van der Waals surface area (Å²) in [4.78, 5) is 8.22. The highest BCUT2D eigenvalue weighted by molar-refractivity contribution is 5.57. The van der Waals surface area contributed by atoms with E-state index in [1.165, 1.54) is 6.33 Å². The molecule has 4 N–H and O–H groups in total. The third-order valence-electron chi connectivity index (χ3n) is 2.98. The summed E-state index contributed by atoms with van der Waals surface area (Å²) in [5.41, 5.74) is 6.29.